The molecule has 2 fully saturated rings. The minimum absolute atomic E-state index is 0.0272. The highest BCUT2D eigenvalue weighted by Gasteiger charge is 2.41. The Bertz CT molecular complexity index is 499. The smallest absolute Gasteiger partial charge is 0.124 e. The molecule has 0 radical (unpaired) electrons. The maximum Gasteiger partial charge on any atom is 0.124 e. The van der Waals surface area contributed by atoms with Gasteiger partial charge >= 0.3 is 0 Å². The third-order valence-electron chi connectivity index (χ3n) is 4.96. The van der Waals surface area contributed by atoms with Crippen LogP contribution in [0.2, 0.25) is 0 Å². The van der Waals surface area contributed by atoms with Crippen LogP contribution in [0.4, 0.5) is 0 Å². The summed E-state index contributed by atoms with van der Waals surface area (Å²) in [6.07, 6.45) is 4.22. The predicted octanol–water partition coefficient (Wildman–Crippen LogP) is 2.44. The third kappa shape index (κ3) is 2.68. The third-order valence-corrected chi connectivity index (χ3v) is 4.96. The summed E-state index contributed by atoms with van der Waals surface area (Å²) in [5.41, 5.74) is 1.27. The van der Waals surface area contributed by atoms with E-state index in [9.17, 15) is 0 Å². The average Bonchev–Trinajstić information content (AvgIpc) is 2.95. The van der Waals surface area contributed by atoms with Gasteiger partial charge in [0.15, 0.2) is 0 Å². The van der Waals surface area contributed by atoms with Crippen molar-refractivity contribution in [3.63, 3.8) is 0 Å². The first-order valence-electron chi connectivity index (χ1n) is 8.04. The van der Waals surface area contributed by atoms with Crippen molar-refractivity contribution in [2.24, 2.45) is 0 Å². The van der Waals surface area contributed by atoms with Gasteiger partial charge in [0.25, 0.3) is 0 Å². The second-order valence-electron chi connectivity index (χ2n) is 6.42. The summed E-state index contributed by atoms with van der Waals surface area (Å²) >= 11 is 0. The zero-order valence-corrected chi connectivity index (χ0v) is 12.3. The molecule has 4 nitrogen and oxygen atoms in total. The van der Waals surface area contributed by atoms with Crippen LogP contribution in [-0.2, 0) is 9.47 Å². The molecule has 0 saturated carbocycles. The van der Waals surface area contributed by atoms with Crippen molar-refractivity contribution < 1.29 is 14.2 Å². The Morgan fingerprint density at radius 2 is 2.05 bits per heavy atom. The summed E-state index contributed by atoms with van der Waals surface area (Å²) in [6, 6.07) is 9.30. The largest absolute Gasteiger partial charge is 0.493 e. The van der Waals surface area contributed by atoms with Crippen molar-refractivity contribution in [2.45, 2.75) is 43.4 Å². The lowest BCUT2D eigenvalue weighted by Crippen LogP contribution is -2.48. The summed E-state index contributed by atoms with van der Waals surface area (Å²) in [6.45, 7) is 3.24. The minimum Gasteiger partial charge on any atom is -0.493 e. The van der Waals surface area contributed by atoms with E-state index in [0.29, 0.717) is 12.1 Å². The fraction of sp³-hybridized carbons (Fsp3) is 0.647. The summed E-state index contributed by atoms with van der Waals surface area (Å²) in [5, 5.41) is 3.85. The first-order chi connectivity index (χ1) is 10.3. The van der Waals surface area contributed by atoms with E-state index >= 15 is 0 Å². The molecule has 3 aliphatic rings. The molecule has 1 spiro atoms. The van der Waals surface area contributed by atoms with Gasteiger partial charge in [0.2, 0.25) is 0 Å². The lowest BCUT2D eigenvalue weighted by atomic mass is 9.88. The summed E-state index contributed by atoms with van der Waals surface area (Å²) in [4.78, 5) is 0. The highest BCUT2D eigenvalue weighted by molar-refractivity contribution is 5.37. The van der Waals surface area contributed by atoms with Crippen molar-refractivity contribution in [1.29, 1.82) is 0 Å². The quantitative estimate of drug-likeness (QED) is 0.908. The van der Waals surface area contributed by atoms with Gasteiger partial charge in [-0.05, 0) is 18.9 Å². The number of nitrogens with one attached hydrogen (secondary N) is 1. The normalized spacial score (nSPS) is 35.4. The van der Waals surface area contributed by atoms with Gasteiger partial charge in [-0.15, -0.1) is 0 Å². The fourth-order valence-corrected chi connectivity index (χ4v) is 3.83. The number of ether oxygens (including phenoxy) is 3. The van der Waals surface area contributed by atoms with E-state index in [1.54, 1.807) is 0 Å². The van der Waals surface area contributed by atoms with Gasteiger partial charge in [-0.2, -0.15) is 0 Å². The number of hydrogen-bond acceptors (Lipinski definition) is 4. The molecule has 21 heavy (non-hydrogen) atoms. The number of para-hydroxylation sites is 1. The fourth-order valence-electron chi connectivity index (χ4n) is 3.83. The predicted molar refractivity (Wildman–Crippen MR) is 79.6 cm³/mol. The van der Waals surface area contributed by atoms with Gasteiger partial charge in [-0.3, -0.25) is 0 Å². The van der Waals surface area contributed by atoms with E-state index in [0.717, 1.165) is 57.9 Å². The Kier molecular flexibility index (Phi) is 3.61. The van der Waals surface area contributed by atoms with Crippen LogP contribution in [0.15, 0.2) is 24.3 Å². The molecule has 1 N–H and O–H groups in total. The topological polar surface area (TPSA) is 39.7 Å². The number of fused-ring (bicyclic) bond motifs is 1. The summed E-state index contributed by atoms with van der Waals surface area (Å²) in [5.74, 6) is 1.03. The molecule has 2 saturated heterocycles. The maximum atomic E-state index is 6.03. The first-order valence-corrected chi connectivity index (χ1v) is 8.04. The van der Waals surface area contributed by atoms with Gasteiger partial charge in [-0.1, -0.05) is 18.2 Å². The van der Waals surface area contributed by atoms with Crippen LogP contribution >= 0.6 is 0 Å². The van der Waals surface area contributed by atoms with Gasteiger partial charge in [-0.25, -0.2) is 0 Å². The molecule has 4 heteroatoms. The standard InChI is InChI=1S/C17H23NO3/c1-2-4-16-14(3-1)15(6-8-20-16)18-13-5-9-21-17(11-13)7-10-19-12-17/h1-4,13,15,18H,5-12H2. The Morgan fingerprint density at radius 1 is 1.10 bits per heavy atom. The SMILES string of the molecule is c1ccc2c(c1)OCCC2NC1CCOC2(CCOC2)C1. The minimum atomic E-state index is -0.0272. The van der Waals surface area contributed by atoms with Crippen LogP contribution in [0.3, 0.4) is 0 Å². The average molecular weight is 289 g/mol. The van der Waals surface area contributed by atoms with Crippen molar-refractivity contribution in [1.82, 2.24) is 5.32 Å². The maximum absolute atomic E-state index is 6.03. The molecule has 1 aromatic rings. The second kappa shape index (κ2) is 5.59. The van der Waals surface area contributed by atoms with Gasteiger partial charge in [0.1, 0.15) is 5.75 Å². The molecule has 3 aliphatic heterocycles. The molecular weight excluding hydrogens is 266 g/mol. The Labute approximate surface area is 125 Å². The van der Waals surface area contributed by atoms with Gasteiger partial charge < -0.3 is 19.5 Å². The molecule has 0 bridgehead atoms. The molecule has 0 amide bonds. The van der Waals surface area contributed by atoms with Gasteiger partial charge in [0.05, 0.1) is 18.8 Å². The van der Waals surface area contributed by atoms with Crippen LogP contribution < -0.4 is 10.1 Å². The van der Waals surface area contributed by atoms with E-state index in [1.165, 1.54) is 5.56 Å². The summed E-state index contributed by atoms with van der Waals surface area (Å²) < 4.78 is 17.3. The number of rotatable bonds is 2. The lowest BCUT2D eigenvalue weighted by molar-refractivity contribution is -0.0907. The first kappa shape index (κ1) is 13.6. The molecule has 0 aliphatic carbocycles. The molecule has 3 heterocycles. The zero-order chi connectivity index (χ0) is 14.1. The Balaban J connectivity index is 1.46. The van der Waals surface area contributed by atoms with Crippen molar-refractivity contribution in [3.05, 3.63) is 29.8 Å². The van der Waals surface area contributed by atoms with E-state index in [1.807, 2.05) is 6.07 Å². The molecule has 3 atom stereocenters. The van der Waals surface area contributed by atoms with Crippen LogP contribution in [-0.4, -0.2) is 38.1 Å². The molecule has 0 aromatic heterocycles. The van der Waals surface area contributed by atoms with Crippen molar-refractivity contribution >= 4 is 0 Å². The molecule has 114 valence electrons. The number of hydrogen-bond donors (Lipinski definition) is 1. The Morgan fingerprint density at radius 3 is 2.95 bits per heavy atom. The van der Waals surface area contributed by atoms with Crippen molar-refractivity contribution in [3.8, 4) is 5.75 Å². The second-order valence-corrected chi connectivity index (χ2v) is 6.42. The van der Waals surface area contributed by atoms with Crippen LogP contribution in [0.25, 0.3) is 0 Å². The molecule has 3 unspecified atom stereocenters. The van der Waals surface area contributed by atoms with Gasteiger partial charge in [0, 0.05) is 43.7 Å². The monoisotopic (exact) mass is 289 g/mol. The van der Waals surface area contributed by atoms with E-state index in [-0.39, 0.29) is 5.60 Å². The molecule has 4 rings (SSSR count). The highest BCUT2D eigenvalue weighted by Crippen LogP contribution is 2.36. The van der Waals surface area contributed by atoms with E-state index < -0.39 is 0 Å². The number of benzene rings is 1. The van der Waals surface area contributed by atoms with Crippen molar-refractivity contribution in [2.75, 3.05) is 26.4 Å². The van der Waals surface area contributed by atoms with Crippen LogP contribution in [0, 0.1) is 0 Å². The zero-order valence-electron chi connectivity index (χ0n) is 12.3. The van der Waals surface area contributed by atoms with E-state index in [4.69, 9.17) is 14.2 Å². The van der Waals surface area contributed by atoms with Crippen LogP contribution in [0.1, 0.15) is 37.3 Å². The van der Waals surface area contributed by atoms with Crippen LogP contribution in [0.5, 0.6) is 5.75 Å². The van der Waals surface area contributed by atoms with E-state index in [2.05, 4.69) is 23.5 Å². The Hall–Kier alpha value is -1.10. The molecular formula is C17H23NO3. The lowest BCUT2D eigenvalue weighted by Gasteiger charge is -2.39. The summed E-state index contributed by atoms with van der Waals surface area (Å²) in [7, 11) is 0. The highest BCUT2D eigenvalue weighted by atomic mass is 16.6. The molecule has 1 aromatic carbocycles.